The van der Waals surface area contributed by atoms with Crippen LogP contribution in [0.3, 0.4) is 0 Å². The standard InChI is InChI=1S/C22H30FN3O2S/c1-17-5-4-6-20(15-17)26-13-11-25(12-14-26)10-9-19(3)24-29(27,28)22-16-18(2)7-8-21(22)23/h4-8,15-16,19,24H,9-14H2,1-3H3. The molecular weight excluding hydrogens is 389 g/mol. The highest BCUT2D eigenvalue weighted by atomic mass is 32.2. The molecule has 0 spiro atoms. The third-order valence-corrected chi connectivity index (χ3v) is 6.95. The van der Waals surface area contributed by atoms with Gasteiger partial charge in [-0.25, -0.2) is 17.5 Å². The Labute approximate surface area is 173 Å². The summed E-state index contributed by atoms with van der Waals surface area (Å²) >= 11 is 0. The molecule has 1 atom stereocenters. The normalized spacial score (nSPS) is 16.8. The zero-order chi connectivity index (χ0) is 21.0. The average molecular weight is 420 g/mol. The van der Waals surface area contributed by atoms with Crippen LogP contribution >= 0.6 is 0 Å². The van der Waals surface area contributed by atoms with Gasteiger partial charge in [-0.3, -0.25) is 4.90 Å². The lowest BCUT2D eigenvalue weighted by atomic mass is 10.2. The van der Waals surface area contributed by atoms with Gasteiger partial charge in [-0.15, -0.1) is 0 Å². The smallest absolute Gasteiger partial charge is 0.243 e. The largest absolute Gasteiger partial charge is 0.369 e. The van der Waals surface area contributed by atoms with Crippen molar-refractivity contribution in [1.82, 2.24) is 9.62 Å². The summed E-state index contributed by atoms with van der Waals surface area (Å²) in [7, 11) is -3.87. The predicted molar refractivity (Wildman–Crippen MR) is 115 cm³/mol. The summed E-state index contributed by atoms with van der Waals surface area (Å²) < 4.78 is 41.6. The highest BCUT2D eigenvalue weighted by Crippen LogP contribution is 2.19. The Morgan fingerprint density at radius 1 is 1.03 bits per heavy atom. The number of halogens is 1. The first-order valence-electron chi connectivity index (χ1n) is 10.1. The maximum absolute atomic E-state index is 14.0. The van der Waals surface area contributed by atoms with Crippen LogP contribution in [-0.2, 0) is 10.0 Å². The van der Waals surface area contributed by atoms with E-state index in [9.17, 15) is 12.8 Å². The van der Waals surface area contributed by atoms with Crippen LogP contribution in [0.15, 0.2) is 47.4 Å². The quantitative estimate of drug-likeness (QED) is 0.748. The summed E-state index contributed by atoms with van der Waals surface area (Å²) in [6, 6.07) is 12.4. The summed E-state index contributed by atoms with van der Waals surface area (Å²) in [5.41, 5.74) is 3.23. The molecule has 1 fully saturated rings. The summed E-state index contributed by atoms with van der Waals surface area (Å²) in [6.45, 7) is 10.3. The zero-order valence-electron chi connectivity index (χ0n) is 17.4. The molecule has 0 saturated carbocycles. The van der Waals surface area contributed by atoms with Crippen molar-refractivity contribution in [2.45, 2.75) is 38.1 Å². The summed E-state index contributed by atoms with van der Waals surface area (Å²) in [5, 5.41) is 0. The lowest BCUT2D eigenvalue weighted by molar-refractivity contribution is 0.248. The van der Waals surface area contributed by atoms with Crippen molar-refractivity contribution >= 4 is 15.7 Å². The van der Waals surface area contributed by atoms with E-state index in [0.717, 1.165) is 32.7 Å². The highest BCUT2D eigenvalue weighted by Gasteiger charge is 2.23. The van der Waals surface area contributed by atoms with E-state index in [4.69, 9.17) is 0 Å². The second-order valence-corrected chi connectivity index (χ2v) is 9.59. The van der Waals surface area contributed by atoms with E-state index < -0.39 is 15.8 Å². The van der Waals surface area contributed by atoms with Crippen molar-refractivity contribution in [2.75, 3.05) is 37.6 Å². The van der Waals surface area contributed by atoms with Crippen LogP contribution in [0, 0.1) is 19.7 Å². The Bertz CT molecular complexity index is 941. The van der Waals surface area contributed by atoms with E-state index in [1.54, 1.807) is 13.0 Å². The van der Waals surface area contributed by atoms with E-state index in [2.05, 4.69) is 45.7 Å². The molecule has 1 saturated heterocycles. The Morgan fingerprint density at radius 3 is 2.41 bits per heavy atom. The fourth-order valence-electron chi connectivity index (χ4n) is 3.63. The van der Waals surface area contributed by atoms with Crippen LogP contribution in [0.1, 0.15) is 24.5 Å². The van der Waals surface area contributed by atoms with E-state index in [-0.39, 0.29) is 10.9 Å². The minimum atomic E-state index is -3.87. The van der Waals surface area contributed by atoms with Crippen LogP contribution in [0.25, 0.3) is 0 Å². The minimum absolute atomic E-state index is 0.269. The third kappa shape index (κ3) is 5.78. The lowest BCUT2D eigenvalue weighted by Gasteiger charge is -2.36. The third-order valence-electron chi connectivity index (χ3n) is 5.35. The number of nitrogens with zero attached hydrogens (tertiary/aromatic N) is 2. The summed E-state index contributed by atoms with van der Waals surface area (Å²) in [5.74, 6) is -0.720. The number of piperazine rings is 1. The number of rotatable bonds is 7. The summed E-state index contributed by atoms with van der Waals surface area (Å²) in [4.78, 5) is 4.46. The van der Waals surface area contributed by atoms with Crippen LogP contribution in [0.4, 0.5) is 10.1 Å². The van der Waals surface area contributed by atoms with Gasteiger partial charge in [0.25, 0.3) is 0 Å². The topological polar surface area (TPSA) is 52.6 Å². The van der Waals surface area contributed by atoms with Gasteiger partial charge in [0.1, 0.15) is 10.7 Å². The van der Waals surface area contributed by atoms with Gasteiger partial charge >= 0.3 is 0 Å². The van der Waals surface area contributed by atoms with Crippen molar-refractivity contribution in [3.63, 3.8) is 0 Å². The number of hydrogen-bond acceptors (Lipinski definition) is 4. The molecule has 0 aromatic heterocycles. The predicted octanol–water partition coefficient (Wildman–Crippen LogP) is 3.32. The maximum Gasteiger partial charge on any atom is 0.243 e. The summed E-state index contributed by atoms with van der Waals surface area (Å²) in [6.07, 6.45) is 0.678. The Morgan fingerprint density at radius 2 is 1.72 bits per heavy atom. The molecule has 0 aliphatic carbocycles. The van der Waals surface area contributed by atoms with Crippen molar-refractivity contribution in [3.8, 4) is 0 Å². The molecular formula is C22H30FN3O2S. The molecule has 3 rings (SSSR count). The molecule has 158 valence electrons. The number of anilines is 1. The molecule has 1 heterocycles. The number of hydrogen-bond donors (Lipinski definition) is 1. The van der Waals surface area contributed by atoms with Crippen LogP contribution < -0.4 is 9.62 Å². The van der Waals surface area contributed by atoms with Gasteiger partial charge in [-0.05, 0) is 69.1 Å². The first-order valence-corrected chi connectivity index (χ1v) is 11.6. The molecule has 2 aromatic carbocycles. The number of sulfonamides is 1. The zero-order valence-corrected chi connectivity index (χ0v) is 18.2. The average Bonchev–Trinajstić information content (AvgIpc) is 2.68. The molecule has 29 heavy (non-hydrogen) atoms. The van der Waals surface area contributed by atoms with Gasteiger partial charge in [-0.1, -0.05) is 18.2 Å². The molecule has 2 aromatic rings. The number of benzene rings is 2. The molecule has 0 radical (unpaired) electrons. The molecule has 1 aliphatic rings. The molecule has 0 bridgehead atoms. The van der Waals surface area contributed by atoms with E-state index in [1.807, 2.05) is 6.92 Å². The fourth-order valence-corrected chi connectivity index (χ4v) is 5.07. The monoisotopic (exact) mass is 419 g/mol. The van der Waals surface area contributed by atoms with Gasteiger partial charge in [0.15, 0.2) is 0 Å². The van der Waals surface area contributed by atoms with Crippen LogP contribution in [0.2, 0.25) is 0 Å². The second kappa shape index (κ2) is 9.24. The molecule has 1 N–H and O–H groups in total. The van der Waals surface area contributed by atoms with Crippen LogP contribution in [0.5, 0.6) is 0 Å². The SMILES string of the molecule is Cc1cccc(N2CCN(CCC(C)NS(=O)(=O)c3cc(C)ccc3F)CC2)c1. The fraction of sp³-hybridized carbons (Fsp3) is 0.455. The van der Waals surface area contributed by atoms with E-state index >= 15 is 0 Å². The van der Waals surface area contributed by atoms with Crippen molar-refractivity contribution < 1.29 is 12.8 Å². The van der Waals surface area contributed by atoms with E-state index in [1.165, 1.54) is 23.4 Å². The molecule has 1 unspecified atom stereocenters. The number of nitrogens with one attached hydrogen (secondary N) is 1. The van der Waals surface area contributed by atoms with Crippen LogP contribution in [-0.4, -0.2) is 52.1 Å². The molecule has 5 nitrogen and oxygen atoms in total. The van der Waals surface area contributed by atoms with Crippen molar-refractivity contribution in [3.05, 3.63) is 59.4 Å². The van der Waals surface area contributed by atoms with E-state index in [0.29, 0.717) is 12.0 Å². The lowest BCUT2D eigenvalue weighted by Crippen LogP contribution is -2.47. The Balaban J connectivity index is 1.49. The second-order valence-electron chi connectivity index (χ2n) is 7.91. The highest BCUT2D eigenvalue weighted by molar-refractivity contribution is 7.89. The van der Waals surface area contributed by atoms with Gasteiger partial charge in [0.05, 0.1) is 0 Å². The van der Waals surface area contributed by atoms with Gasteiger partial charge < -0.3 is 4.90 Å². The molecule has 7 heteroatoms. The first kappa shape index (κ1) is 21.7. The molecule has 0 amide bonds. The molecule has 1 aliphatic heterocycles. The minimum Gasteiger partial charge on any atom is -0.369 e. The van der Waals surface area contributed by atoms with Gasteiger partial charge in [-0.2, -0.15) is 0 Å². The Kier molecular flexibility index (Phi) is 6.93. The van der Waals surface area contributed by atoms with Gasteiger partial charge in [0, 0.05) is 37.9 Å². The maximum atomic E-state index is 14.0. The first-order chi connectivity index (χ1) is 13.7. The van der Waals surface area contributed by atoms with Crippen molar-refractivity contribution in [1.29, 1.82) is 0 Å². The number of aryl methyl sites for hydroxylation is 2. The van der Waals surface area contributed by atoms with Gasteiger partial charge in [0.2, 0.25) is 10.0 Å². The van der Waals surface area contributed by atoms with Crippen molar-refractivity contribution in [2.24, 2.45) is 0 Å². The Hall–Kier alpha value is -1.96.